The van der Waals surface area contributed by atoms with Gasteiger partial charge in [0.15, 0.2) is 0 Å². The van der Waals surface area contributed by atoms with Crippen molar-refractivity contribution in [1.82, 2.24) is 0 Å². The number of hydrogen-bond donors (Lipinski definition) is 2. The first-order valence-corrected chi connectivity index (χ1v) is 8.07. The lowest BCUT2D eigenvalue weighted by atomic mass is 9.90. The van der Waals surface area contributed by atoms with Crippen molar-refractivity contribution in [3.63, 3.8) is 0 Å². The molecule has 3 atom stereocenters. The zero-order chi connectivity index (χ0) is 13.5. The third-order valence-electron chi connectivity index (χ3n) is 3.07. The highest BCUT2D eigenvalue weighted by Crippen LogP contribution is 2.41. The summed E-state index contributed by atoms with van der Waals surface area (Å²) >= 11 is 0. The smallest absolute Gasteiger partial charge is 0.303 e. The van der Waals surface area contributed by atoms with Gasteiger partial charge in [-0.15, -0.1) is 0 Å². The molecule has 0 aliphatic rings. The summed E-state index contributed by atoms with van der Waals surface area (Å²) in [5.41, 5.74) is 0. The van der Waals surface area contributed by atoms with Crippen molar-refractivity contribution in [3.05, 3.63) is 0 Å². The van der Waals surface area contributed by atoms with Crippen LogP contribution in [0.25, 0.3) is 0 Å². The number of hydrogen-bond acceptors (Lipinski definition) is 2. The third kappa shape index (κ3) is 8.78. The molecular formula is C12H27O4P. The van der Waals surface area contributed by atoms with E-state index in [1.54, 1.807) is 0 Å². The molecule has 0 aliphatic heterocycles. The quantitative estimate of drug-likeness (QED) is 0.624. The molecule has 0 aromatic heterocycles. The summed E-state index contributed by atoms with van der Waals surface area (Å²) in [4.78, 5) is 17.9. The van der Waals surface area contributed by atoms with Crippen molar-refractivity contribution >= 4 is 7.82 Å². The maximum absolute atomic E-state index is 11.0. The van der Waals surface area contributed by atoms with Gasteiger partial charge in [-0.3, -0.25) is 4.52 Å². The van der Waals surface area contributed by atoms with Crippen LogP contribution >= 0.6 is 7.82 Å². The Labute approximate surface area is 105 Å². The Kier molecular flexibility index (Phi) is 8.31. The molecule has 0 aliphatic carbocycles. The van der Waals surface area contributed by atoms with Crippen molar-refractivity contribution in [1.29, 1.82) is 0 Å². The molecule has 0 heterocycles. The van der Waals surface area contributed by atoms with Gasteiger partial charge in [0.25, 0.3) is 0 Å². The van der Waals surface area contributed by atoms with Gasteiger partial charge in [0.1, 0.15) is 0 Å². The van der Waals surface area contributed by atoms with E-state index in [0.717, 1.165) is 32.1 Å². The molecule has 5 heteroatoms. The van der Waals surface area contributed by atoms with Crippen molar-refractivity contribution in [2.75, 3.05) is 0 Å². The van der Waals surface area contributed by atoms with Crippen LogP contribution in [-0.4, -0.2) is 15.9 Å². The van der Waals surface area contributed by atoms with Crippen LogP contribution in [0, 0.1) is 11.8 Å². The Morgan fingerprint density at radius 1 is 1.12 bits per heavy atom. The van der Waals surface area contributed by atoms with E-state index in [4.69, 9.17) is 14.3 Å². The lowest BCUT2D eigenvalue weighted by molar-refractivity contribution is 0.0716. The van der Waals surface area contributed by atoms with E-state index < -0.39 is 7.82 Å². The zero-order valence-electron chi connectivity index (χ0n) is 11.4. The molecule has 4 nitrogen and oxygen atoms in total. The van der Waals surface area contributed by atoms with Crippen molar-refractivity contribution in [2.45, 2.75) is 65.9 Å². The van der Waals surface area contributed by atoms with Crippen molar-refractivity contribution < 1.29 is 18.9 Å². The molecule has 0 radical (unpaired) electrons. The predicted octanol–water partition coefficient (Wildman–Crippen LogP) is 3.73. The predicted molar refractivity (Wildman–Crippen MR) is 69.7 cm³/mol. The SMILES string of the molecule is CCCC(C)CC(OP(=O)(O)O)C(C)CCC. The largest absolute Gasteiger partial charge is 0.469 e. The van der Waals surface area contributed by atoms with Gasteiger partial charge in [-0.05, 0) is 24.7 Å². The monoisotopic (exact) mass is 266 g/mol. The molecule has 0 amide bonds. The maximum Gasteiger partial charge on any atom is 0.469 e. The van der Waals surface area contributed by atoms with Crippen LogP contribution in [-0.2, 0) is 9.09 Å². The minimum Gasteiger partial charge on any atom is -0.303 e. The minimum absolute atomic E-state index is 0.187. The van der Waals surface area contributed by atoms with Gasteiger partial charge < -0.3 is 9.79 Å². The van der Waals surface area contributed by atoms with Crippen LogP contribution in [0.5, 0.6) is 0 Å². The summed E-state index contributed by atoms with van der Waals surface area (Å²) in [6.07, 6.45) is 4.48. The second-order valence-electron chi connectivity index (χ2n) is 5.03. The van der Waals surface area contributed by atoms with Crippen LogP contribution < -0.4 is 0 Å². The Hall–Kier alpha value is 0.110. The molecule has 0 bridgehead atoms. The Morgan fingerprint density at radius 2 is 1.65 bits per heavy atom. The Balaban J connectivity index is 4.44. The molecule has 2 N–H and O–H groups in total. The first kappa shape index (κ1) is 17.1. The van der Waals surface area contributed by atoms with Crippen molar-refractivity contribution in [2.24, 2.45) is 11.8 Å². The molecule has 0 saturated carbocycles. The third-order valence-corrected chi connectivity index (χ3v) is 3.61. The number of rotatable bonds is 9. The summed E-state index contributed by atoms with van der Waals surface area (Å²) in [5, 5.41) is 0. The number of phosphoric acid groups is 1. The molecule has 0 saturated heterocycles. The number of phosphoric ester groups is 1. The lowest BCUT2D eigenvalue weighted by Gasteiger charge is -2.26. The van der Waals surface area contributed by atoms with E-state index in [0.29, 0.717) is 5.92 Å². The van der Waals surface area contributed by atoms with Gasteiger partial charge >= 0.3 is 7.82 Å². The molecule has 0 aromatic carbocycles. The summed E-state index contributed by atoms with van der Waals surface area (Å²) < 4.78 is 15.9. The fraction of sp³-hybridized carbons (Fsp3) is 1.00. The van der Waals surface area contributed by atoms with Gasteiger partial charge in [0, 0.05) is 0 Å². The molecule has 0 spiro atoms. The van der Waals surface area contributed by atoms with Gasteiger partial charge in [-0.1, -0.05) is 47.0 Å². The van der Waals surface area contributed by atoms with Crippen LogP contribution in [0.1, 0.15) is 59.8 Å². The summed E-state index contributed by atoms with van der Waals surface area (Å²) in [5.74, 6) is 0.628. The molecule has 0 rings (SSSR count). The molecular weight excluding hydrogens is 239 g/mol. The standard InChI is InChI=1S/C12H27O4P/c1-5-7-10(3)9-12(11(4)8-6-2)16-17(13,14)15/h10-12H,5-9H2,1-4H3,(H2,13,14,15). The molecule has 0 fully saturated rings. The van der Waals surface area contributed by atoms with Crippen LogP contribution in [0.3, 0.4) is 0 Å². The lowest BCUT2D eigenvalue weighted by Crippen LogP contribution is -2.23. The fourth-order valence-electron chi connectivity index (χ4n) is 2.20. The molecule has 0 aromatic rings. The first-order valence-electron chi connectivity index (χ1n) is 6.54. The second-order valence-corrected chi connectivity index (χ2v) is 6.22. The van der Waals surface area contributed by atoms with Crippen LogP contribution in [0.2, 0.25) is 0 Å². The highest BCUT2D eigenvalue weighted by atomic mass is 31.2. The van der Waals surface area contributed by atoms with E-state index in [1.807, 2.05) is 6.92 Å². The first-order chi connectivity index (χ1) is 7.80. The van der Waals surface area contributed by atoms with Gasteiger partial charge in [0.05, 0.1) is 6.10 Å². The van der Waals surface area contributed by atoms with Crippen molar-refractivity contribution in [3.8, 4) is 0 Å². The average Bonchev–Trinajstić information content (AvgIpc) is 2.15. The van der Waals surface area contributed by atoms with Gasteiger partial charge in [-0.25, -0.2) is 4.57 Å². The summed E-state index contributed by atoms with van der Waals surface area (Å²) in [6, 6.07) is 0. The van der Waals surface area contributed by atoms with E-state index in [1.165, 1.54) is 0 Å². The molecule has 104 valence electrons. The fourth-order valence-corrected chi connectivity index (χ4v) is 2.85. The molecule has 3 unspecified atom stereocenters. The van der Waals surface area contributed by atoms with Gasteiger partial charge in [-0.2, -0.15) is 0 Å². The highest BCUT2D eigenvalue weighted by molar-refractivity contribution is 7.46. The van der Waals surface area contributed by atoms with Crippen LogP contribution in [0.4, 0.5) is 0 Å². The minimum atomic E-state index is -4.37. The van der Waals surface area contributed by atoms with E-state index in [9.17, 15) is 4.57 Å². The normalized spacial score (nSPS) is 17.8. The van der Waals surface area contributed by atoms with Gasteiger partial charge in [0.2, 0.25) is 0 Å². The average molecular weight is 266 g/mol. The van der Waals surface area contributed by atoms with E-state index in [-0.39, 0.29) is 12.0 Å². The Bertz CT molecular complexity index is 239. The van der Waals surface area contributed by atoms with Crippen LogP contribution in [0.15, 0.2) is 0 Å². The maximum atomic E-state index is 11.0. The Morgan fingerprint density at radius 3 is 2.06 bits per heavy atom. The van der Waals surface area contributed by atoms with E-state index >= 15 is 0 Å². The highest BCUT2D eigenvalue weighted by Gasteiger charge is 2.27. The topological polar surface area (TPSA) is 66.8 Å². The molecule has 17 heavy (non-hydrogen) atoms. The zero-order valence-corrected chi connectivity index (χ0v) is 12.3. The summed E-state index contributed by atoms with van der Waals surface area (Å²) in [6.45, 7) is 8.30. The van der Waals surface area contributed by atoms with E-state index in [2.05, 4.69) is 20.8 Å². The summed E-state index contributed by atoms with van der Waals surface area (Å²) in [7, 11) is -4.37. The second kappa shape index (κ2) is 8.25.